The zero-order valence-corrected chi connectivity index (χ0v) is 8.77. The summed E-state index contributed by atoms with van der Waals surface area (Å²) in [5, 5.41) is 0.702. The molecule has 1 rings (SSSR count). The molecule has 0 aliphatic rings. The molecule has 0 atom stereocenters. The summed E-state index contributed by atoms with van der Waals surface area (Å²) >= 11 is 11.4. The quantitative estimate of drug-likeness (QED) is 0.568. The molecule has 0 fully saturated rings. The van der Waals surface area contributed by atoms with Crippen LogP contribution >= 0.6 is 23.2 Å². The molecule has 0 aliphatic heterocycles. The van der Waals surface area contributed by atoms with Gasteiger partial charge >= 0.3 is 0 Å². The normalized spacial score (nSPS) is 10.1. The maximum Gasteiger partial charge on any atom is 0.147 e. The molecule has 0 unspecified atom stereocenters. The minimum atomic E-state index is 0.296. The van der Waals surface area contributed by atoms with Gasteiger partial charge in [0, 0.05) is 6.07 Å². The molecule has 0 N–H and O–H groups in total. The molecule has 0 bridgehead atoms. The smallest absolute Gasteiger partial charge is 0.147 e. The summed E-state index contributed by atoms with van der Waals surface area (Å²) in [5.74, 6) is 0.614. The lowest BCUT2D eigenvalue weighted by Gasteiger charge is -2.04. The van der Waals surface area contributed by atoms with Gasteiger partial charge in [-0.3, -0.25) is 0 Å². The van der Waals surface area contributed by atoms with Crippen LogP contribution in [0.1, 0.15) is 19.8 Å². The van der Waals surface area contributed by atoms with Gasteiger partial charge in [0.25, 0.3) is 0 Å². The van der Waals surface area contributed by atoms with Gasteiger partial charge in [-0.05, 0) is 6.42 Å². The Kier molecular flexibility index (Phi) is 4.33. The lowest BCUT2D eigenvalue weighted by Crippen LogP contribution is -1.90. The van der Waals surface area contributed by atoms with Gasteiger partial charge in [0.2, 0.25) is 0 Å². The fourth-order valence-electron chi connectivity index (χ4n) is 0.741. The number of pyridine rings is 1. The minimum absolute atomic E-state index is 0.296. The molecule has 1 aromatic heterocycles. The molecule has 1 radical (unpaired) electrons. The zero-order valence-electron chi connectivity index (χ0n) is 7.26. The van der Waals surface area contributed by atoms with E-state index in [1.807, 2.05) is 0 Å². The Labute approximate surface area is 87.8 Å². The maximum atomic E-state index is 5.74. The first-order chi connectivity index (χ1) is 6.24. The van der Waals surface area contributed by atoms with Gasteiger partial charge in [0.1, 0.15) is 17.5 Å². The third-order valence-corrected chi connectivity index (χ3v) is 2.08. The van der Waals surface area contributed by atoms with Crippen LogP contribution < -0.4 is 4.74 Å². The van der Waals surface area contributed by atoms with Gasteiger partial charge in [0.15, 0.2) is 0 Å². The largest absolute Gasteiger partial charge is 0.485 e. The topological polar surface area (TPSA) is 22.1 Å². The second-order valence-electron chi connectivity index (χ2n) is 2.52. The van der Waals surface area contributed by atoms with Gasteiger partial charge in [-0.15, -0.1) is 0 Å². The Bertz CT molecular complexity index is 278. The second-order valence-corrected chi connectivity index (χ2v) is 3.28. The minimum Gasteiger partial charge on any atom is -0.485 e. The fraction of sp³-hybridized carbons (Fsp3) is 0.333. The summed E-state index contributed by atoms with van der Waals surface area (Å²) in [6.45, 7) is 3.80. The Hall–Kier alpha value is -0.470. The number of hydrogen-bond acceptors (Lipinski definition) is 2. The van der Waals surface area contributed by atoms with Crippen LogP contribution in [0.25, 0.3) is 0 Å². The van der Waals surface area contributed by atoms with Crippen LogP contribution in [0.2, 0.25) is 10.2 Å². The fourth-order valence-corrected chi connectivity index (χ4v) is 1.00. The Morgan fingerprint density at radius 2 is 2.31 bits per heavy atom. The number of nitrogens with zero attached hydrogens (tertiary/aromatic N) is 1. The van der Waals surface area contributed by atoms with Crippen molar-refractivity contribution in [2.45, 2.75) is 19.8 Å². The van der Waals surface area contributed by atoms with E-state index in [0.717, 1.165) is 12.8 Å². The van der Waals surface area contributed by atoms with E-state index in [-0.39, 0.29) is 0 Å². The molecular formula is C9H10Cl2NO. The molecule has 0 spiro atoms. The summed E-state index contributed by atoms with van der Waals surface area (Å²) in [6.07, 6.45) is 3.50. The summed E-state index contributed by atoms with van der Waals surface area (Å²) in [4.78, 5) is 3.85. The van der Waals surface area contributed by atoms with Crippen molar-refractivity contribution in [1.82, 2.24) is 4.98 Å². The van der Waals surface area contributed by atoms with Crippen LogP contribution in [-0.4, -0.2) is 4.98 Å². The van der Waals surface area contributed by atoms with Crippen LogP contribution in [0.5, 0.6) is 5.75 Å². The van der Waals surface area contributed by atoms with Crippen LogP contribution in [0.4, 0.5) is 0 Å². The van der Waals surface area contributed by atoms with Crippen LogP contribution in [0.15, 0.2) is 12.3 Å². The van der Waals surface area contributed by atoms with E-state index in [0.29, 0.717) is 15.9 Å². The highest BCUT2D eigenvalue weighted by molar-refractivity contribution is 6.41. The van der Waals surface area contributed by atoms with Crippen molar-refractivity contribution in [2.24, 2.45) is 0 Å². The first kappa shape index (κ1) is 10.6. The van der Waals surface area contributed by atoms with E-state index >= 15 is 0 Å². The predicted molar refractivity (Wildman–Crippen MR) is 54.1 cm³/mol. The van der Waals surface area contributed by atoms with Crippen molar-refractivity contribution in [3.8, 4) is 5.75 Å². The number of unbranched alkanes of at least 4 members (excludes halogenated alkanes) is 1. The molecule has 2 nitrogen and oxygen atoms in total. The monoisotopic (exact) mass is 218 g/mol. The number of aromatic nitrogens is 1. The highest BCUT2D eigenvalue weighted by Gasteiger charge is 2.01. The third-order valence-electron chi connectivity index (χ3n) is 1.40. The third kappa shape index (κ3) is 3.41. The first-order valence-electron chi connectivity index (χ1n) is 4.03. The Balaban J connectivity index is 2.53. The van der Waals surface area contributed by atoms with Crippen molar-refractivity contribution in [2.75, 3.05) is 0 Å². The summed E-state index contributed by atoms with van der Waals surface area (Å²) < 4.78 is 5.25. The molecule has 0 aliphatic carbocycles. The molecule has 0 aromatic carbocycles. The molecule has 4 heteroatoms. The van der Waals surface area contributed by atoms with Gasteiger partial charge in [0.05, 0.1) is 11.2 Å². The molecule has 1 aromatic rings. The summed E-state index contributed by atoms with van der Waals surface area (Å²) in [5.41, 5.74) is 0. The van der Waals surface area contributed by atoms with E-state index in [1.54, 1.807) is 18.9 Å². The summed E-state index contributed by atoms with van der Waals surface area (Å²) in [7, 11) is 0. The average molecular weight is 219 g/mol. The highest BCUT2D eigenvalue weighted by Crippen LogP contribution is 2.23. The van der Waals surface area contributed by atoms with Crippen molar-refractivity contribution < 1.29 is 4.74 Å². The van der Waals surface area contributed by atoms with Crippen molar-refractivity contribution >= 4 is 23.2 Å². The van der Waals surface area contributed by atoms with Crippen molar-refractivity contribution in [1.29, 1.82) is 0 Å². The first-order valence-corrected chi connectivity index (χ1v) is 4.79. The van der Waals surface area contributed by atoms with E-state index in [4.69, 9.17) is 27.9 Å². The van der Waals surface area contributed by atoms with Gasteiger partial charge in [-0.2, -0.15) is 0 Å². The number of hydrogen-bond donors (Lipinski definition) is 0. The maximum absolute atomic E-state index is 5.74. The SMILES string of the molecule is CCC[CH]Oc1cnc(Cl)c(Cl)c1. The van der Waals surface area contributed by atoms with E-state index in [2.05, 4.69) is 11.9 Å². The second kappa shape index (κ2) is 5.30. The number of halogens is 2. The van der Waals surface area contributed by atoms with E-state index < -0.39 is 0 Å². The molecule has 1 heterocycles. The standard InChI is InChI=1S/C9H10Cl2NO/c1-2-3-4-13-7-5-8(10)9(11)12-6-7/h4-6H,2-3H2,1H3. The van der Waals surface area contributed by atoms with Gasteiger partial charge in [-0.1, -0.05) is 36.5 Å². The molecule has 0 saturated heterocycles. The van der Waals surface area contributed by atoms with Gasteiger partial charge in [-0.25, -0.2) is 4.98 Å². The van der Waals surface area contributed by atoms with Crippen LogP contribution in [0.3, 0.4) is 0 Å². The molecule has 0 amide bonds. The lowest BCUT2D eigenvalue weighted by atomic mass is 10.4. The molecular weight excluding hydrogens is 209 g/mol. The van der Waals surface area contributed by atoms with E-state index in [1.165, 1.54) is 0 Å². The molecule has 0 saturated carbocycles. The Morgan fingerprint density at radius 3 is 2.92 bits per heavy atom. The zero-order chi connectivity index (χ0) is 9.68. The van der Waals surface area contributed by atoms with Crippen molar-refractivity contribution in [3.63, 3.8) is 0 Å². The van der Waals surface area contributed by atoms with E-state index in [9.17, 15) is 0 Å². The van der Waals surface area contributed by atoms with Crippen molar-refractivity contribution in [3.05, 3.63) is 29.0 Å². The van der Waals surface area contributed by atoms with Crippen LogP contribution in [0, 0.1) is 6.61 Å². The lowest BCUT2D eigenvalue weighted by molar-refractivity contribution is 0.388. The predicted octanol–water partition coefficient (Wildman–Crippen LogP) is 3.73. The Morgan fingerprint density at radius 1 is 1.54 bits per heavy atom. The average Bonchev–Trinajstić information content (AvgIpc) is 2.12. The number of ether oxygens (including phenoxy) is 1. The number of rotatable bonds is 4. The molecule has 71 valence electrons. The van der Waals surface area contributed by atoms with Gasteiger partial charge < -0.3 is 4.74 Å². The molecule has 13 heavy (non-hydrogen) atoms. The van der Waals surface area contributed by atoms with Crippen LogP contribution in [-0.2, 0) is 0 Å². The highest BCUT2D eigenvalue weighted by atomic mass is 35.5. The summed E-state index contributed by atoms with van der Waals surface area (Å²) in [6, 6.07) is 1.64.